The molecule has 0 aliphatic carbocycles. The fourth-order valence-electron chi connectivity index (χ4n) is 2.30. The second-order valence-corrected chi connectivity index (χ2v) is 5.54. The van der Waals surface area contributed by atoms with Crippen molar-refractivity contribution >= 4 is 5.91 Å². The number of amides is 1. The molecule has 0 aromatic heterocycles. The van der Waals surface area contributed by atoms with Crippen LogP contribution < -0.4 is 5.32 Å². The van der Waals surface area contributed by atoms with Gasteiger partial charge in [0, 0.05) is 25.2 Å². The number of carbonyl (C=O) groups excluding carboxylic acids is 1. The molecule has 1 aliphatic heterocycles. The van der Waals surface area contributed by atoms with Crippen LogP contribution in [0.4, 0.5) is 0 Å². The molecule has 1 rings (SSSR count). The zero-order chi connectivity index (χ0) is 13.7. The molecule has 0 bridgehead atoms. The summed E-state index contributed by atoms with van der Waals surface area (Å²) in [6.45, 7) is 5.82. The monoisotopic (exact) mass is 257 g/mol. The average Bonchev–Trinajstić information content (AvgIpc) is 2.65. The summed E-state index contributed by atoms with van der Waals surface area (Å²) in [5.41, 5.74) is 0. The zero-order valence-corrected chi connectivity index (χ0v) is 12.0. The second-order valence-electron chi connectivity index (χ2n) is 5.54. The van der Waals surface area contributed by atoms with Gasteiger partial charge in [-0.05, 0) is 33.9 Å². The Hall–Kier alpha value is -0.650. The molecule has 1 fully saturated rings. The third kappa shape index (κ3) is 4.55. The van der Waals surface area contributed by atoms with Crippen LogP contribution in [0.1, 0.15) is 26.7 Å². The smallest absolute Gasteiger partial charge is 0.236 e. The summed E-state index contributed by atoms with van der Waals surface area (Å²) in [6, 6.07) is 0.495. The molecule has 5 nitrogen and oxygen atoms in total. The van der Waals surface area contributed by atoms with Crippen LogP contribution in [-0.4, -0.2) is 72.7 Å². The Bertz CT molecular complexity index is 271. The Labute approximate surface area is 110 Å². The van der Waals surface area contributed by atoms with Gasteiger partial charge in [-0.1, -0.05) is 6.92 Å². The lowest BCUT2D eigenvalue weighted by Crippen LogP contribution is -2.46. The van der Waals surface area contributed by atoms with Crippen molar-refractivity contribution in [3.8, 4) is 0 Å². The second kappa shape index (κ2) is 7.07. The molecule has 2 N–H and O–H groups in total. The first-order valence-corrected chi connectivity index (χ1v) is 6.79. The van der Waals surface area contributed by atoms with E-state index in [1.54, 1.807) is 0 Å². The third-order valence-corrected chi connectivity index (χ3v) is 3.50. The number of β-amino-alcohol motifs (C(OH)–C–C–N with tert-alkyl or cyclic N) is 1. The van der Waals surface area contributed by atoms with Crippen molar-refractivity contribution < 1.29 is 9.90 Å². The van der Waals surface area contributed by atoms with Crippen LogP contribution in [0, 0.1) is 0 Å². The Morgan fingerprint density at radius 3 is 2.78 bits per heavy atom. The molecule has 0 radical (unpaired) electrons. The Balaban J connectivity index is 2.48. The first-order valence-electron chi connectivity index (χ1n) is 6.79. The molecule has 1 saturated heterocycles. The molecule has 1 aliphatic rings. The van der Waals surface area contributed by atoms with Crippen molar-refractivity contribution in [2.24, 2.45) is 0 Å². The summed E-state index contributed by atoms with van der Waals surface area (Å²) in [5, 5.41) is 12.9. The first kappa shape index (κ1) is 15.4. The molecular weight excluding hydrogens is 230 g/mol. The molecule has 1 heterocycles. The average molecular weight is 257 g/mol. The minimum Gasteiger partial charge on any atom is -0.391 e. The number of aliphatic hydroxyl groups is 1. The van der Waals surface area contributed by atoms with E-state index in [-0.39, 0.29) is 18.1 Å². The van der Waals surface area contributed by atoms with Gasteiger partial charge < -0.3 is 20.2 Å². The summed E-state index contributed by atoms with van der Waals surface area (Å²) in [6.07, 6.45) is 1.33. The number of likely N-dealkylation sites (N-methyl/N-ethyl adjacent to an activating group) is 1. The van der Waals surface area contributed by atoms with E-state index >= 15 is 0 Å². The van der Waals surface area contributed by atoms with Crippen LogP contribution in [0.25, 0.3) is 0 Å². The van der Waals surface area contributed by atoms with Crippen molar-refractivity contribution in [3.63, 3.8) is 0 Å². The van der Waals surface area contributed by atoms with Crippen LogP contribution in [0.5, 0.6) is 0 Å². The van der Waals surface area contributed by atoms with E-state index in [1.165, 1.54) is 0 Å². The summed E-state index contributed by atoms with van der Waals surface area (Å²) in [5.74, 6) is 0.0960. The zero-order valence-electron chi connectivity index (χ0n) is 12.0. The lowest BCUT2D eigenvalue weighted by Gasteiger charge is -2.27. The lowest BCUT2D eigenvalue weighted by molar-refractivity contribution is -0.131. The quantitative estimate of drug-likeness (QED) is 0.697. The highest BCUT2D eigenvalue weighted by molar-refractivity contribution is 5.79. The molecule has 0 aromatic rings. The number of likely N-dealkylation sites (tertiary alicyclic amines) is 1. The molecule has 0 saturated carbocycles. The van der Waals surface area contributed by atoms with Crippen LogP contribution in [0.3, 0.4) is 0 Å². The molecule has 106 valence electrons. The number of nitrogens with zero attached hydrogens (tertiary/aromatic N) is 2. The molecular formula is C13H27N3O2. The minimum atomic E-state index is -0.373. The Kier molecular flexibility index (Phi) is 6.05. The molecule has 3 unspecified atom stereocenters. The fraction of sp³-hybridized carbons (Fsp3) is 0.923. The predicted octanol–water partition coefficient (Wildman–Crippen LogP) is -0.102. The van der Waals surface area contributed by atoms with Gasteiger partial charge in [0.1, 0.15) is 0 Å². The van der Waals surface area contributed by atoms with Crippen molar-refractivity contribution in [2.75, 3.05) is 33.7 Å². The van der Waals surface area contributed by atoms with Gasteiger partial charge in [-0.25, -0.2) is 0 Å². The molecule has 5 heteroatoms. The van der Waals surface area contributed by atoms with Gasteiger partial charge in [0.25, 0.3) is 0 Å². The number of rotatable bonds is 6. The Morgan fingerprint density at radius 2 is 2.22 bits per heavy atom. The summed E-state index contributed by atoms with van der Waals surface area (Å²) < 4.78 is 0. The number of hydrogen-bond acceptors (Lipinski definition) is 4. The van der Waals surface area contributed by atoms with E-state index < -0.39 is 0 Å². The van der Waals surface area contributed by atoms with Gasteiger partial charge in [0.15, 0.2) is 0 Å². The minimum absolute atomic E-state index is 0.0960. The van der Waals surface area contributed by atoms with Crippen LogP contribution in [-0.2, 0) is 4.79 Å². The van der Waals surface area contributed by atoms with Crippen molar-refractivity contribution in [1.82, 2.24) is 15.1 Å². The molecule has 1 amide bonds. The van der Waals surface area contributed by atoms with Gasteiger partial charge in [0.05, 0.1) is 12.6 Å². The summed E-state index contributed by atoms with van der Waals surface area (Å²) in [7, 11) is 3.98. The maximum absolute atomic E-state index is 12.1. The summed E-state index contributed by atoms with van der Waals surface area (Å²) in [4.78, 5) is 16.0. The Morgan fingerprint density at radius 1 is 1.56 bits per heavy atom. The number of nitrogens with one attached hydrogen (secondary N) is 1. The predicted molar refractivity (Wildman–Crippen MR) is 72.4 cm³/mol. The summed E-state index contributed by atoms with van der Waals surface area (Å²) >= 11 is 0. The lowest BCUT2D eigenvalue weighted by atomic mass is 10.2. The molecule has 18 heavy (non-hydrogen) atoms. The topological polar surface area (TPSA) is 55.8 Å². The largest absolute Gasteiger partial charge is 0.391 e. The first-order chi connectivity index (χ1) is 8.43. The van der Waals surface area contributed by atoms with Crippen LogP contribution in [0.2, 0.25) is 0 Å². The highest BCUT2D eigenvalue weighted by Gasteiger charge is 2.34. The van der Waals surface area contributed by atoms with E-state index in [4.69, 9.17) is 0 Å². The van der Waals surface area contributed by atoms with E-state index in [1.807, 2.05) is 19.0 Å². The van der Waals surface area contributed by atoms with Crippen molar-refractivity contribution in [2.45, 2.75) is 44.9 Å². The van der Waals surface area contributed by atoms with E-state index in [9.17, 15) is 9.90 Å². The van der Waals surface area contributed by atoms with Crippen molar-refractivity contribution in [3.05, 3.63) is 0 Å². The van der Waals surface area contributed by atoms with E-state index in [0.29, 0.717) is 25.6 Å². The maximum Gasteiger partial charge on any atom is 0.236 e. The molecule has 3 atom stereocenters. The van der Waals surface area contributed by atoms with Gasteiger partial charge in [-0.2, -0.15) is 0 Å². The maximum atomic E-state index is 12.1. The normalized spacial score (nSPS) is 25.8. The van der Waals surface area contributed by atoms with E-state index in [0.717, 1.165) is 13.0 Å². The fourth-order valence-corrected chi connectivity index (χ4v) is 2.30. The number of carbonyl (C=O) groups is 1. The SMILES string of the molecule is CCC(C)NCC(=O)N1CC(O)CC1CN(C)C. The number of aliphatic hydroxyl groups excluding tert-OH is 1. The number of hydrogen-bond donors (Lipinski definition) is 2. The van der Waals surface area contributed by atoms with Crippen LogP contribution in [0.15, 0.2) is 0 Å². The molecule has 0 spiro atoms. The van der Waals surface area contributed by atoms with Gasteiger partial charge >= 0.3 is 0 Å². The van der Waals surface area contributed by atoms with E-state index in [2.05, 4.69) is 24.1 Å². The van der Waals surface area contributed by atoms with Gasteiger partial charge in [-0.3, -0.25) is 4.79 Å². The third-order valence-electron chi connectivity index (χ3n) is 3.50. The van der Waals surface area contributed by atoms with Gasteiger partial charge in [-0.15, -0.1) is 0 Å². The van der Waals surface area contributed by atoms with Gasteiger partial charge in [0.2, 0.25) is 5.91 Å². The standard InChI is InChI=1S/C13H27N3O2/c1-5-10(2)14-7-13(18)16-9-12(17)6-11(16)8-15(3)4/h10-12,14,17H,5-9H2,1-4H3. The molecule has 0 aromatic carbocycles. The van der Waals surface area contributed by atoms with Crippen molar-refractivity contribution in [1.29, 1.82) is 0 Å². The highest BCUT2D eigenvalue weighted by atomic mass is 16.3. The van der Waals surface area contributed by atoms with Crippen LogP contribution >= 0.6 is 0 Å². The highest BCUT2D eigenvalue weighted by Crippen LogP contribution is 2.18.